The third kappa shape index (κ3) is 2.05. The van der Waals surface area contributed by atoms with Crippen molar-refractivity contribution in [3.05, 3.63) is 29.8 Å². The molecule has 1 aromatic carbocycles. The van der Waals surface area contributed by atoms with Crippen LogP contribution in [0.3, 0.4) is 0 Å². The number of hydrogen-bond donors (Lipinski definition) is 1. The van der Waals surface area contributed by atoms with Crippen LogP contribution in [0.1, 0.15) is 31.2 Å². The van der Waals surface area contributed by atoms with E-state index in [-0.39, 0.29) is 0 Å². The lowest BCUT2D eigenvalue weighted by Crippen LogP contribution is -2.14. The van der Waals surface area contributed by atoms with Crippen LogP contribution < -0.4 is 5.32 Å². The van der Waals surface area contributed by atoms with Crippen LogP contribution in [0.5, 0.6) is 0 Å². The molecule has 1 aromatic rings. The van der Waals surface area contributed by atoms with E-state index >= 15 is 0 Å². The molecule has 1 N–H and O–H groups in total. The fraction of sp³-hybridized carbons (Fsp3) is 0.417. The van der Waals surface area contributed by atoms with Gasteiger partial charge in [0.1, 0.15) is 0 Å². The van der Waals surface area contributed by atoms with Gasteiger partial charge in [-0.1, -0.05) is 12.8 Å². The van der Waals surface area contributed by atoms with Crippen LogP contribution in [0.2, 0.25) is 0 Å². The van der Waals surface area contributed by atoms with Crippen LogP contribution in [0, 0.1) is 11.3 Å². The fourth-order valence-corrected chi connectivity index (χ4v) is 1.95. The molecule has 0 radical (unpaired) electrons. The third-order valence-corrected chi connectivity index (χ3v) is 2.74. The molecule has 0 atom stereocenters. The first-order valence-electron chi connectivity index (χ1n) is 5.15. The molecule has 0 bridgehead atoms. The van der Waals surface area contributed by atoms with Crippen molar-refractivity contribution in [2.45, 2.75) is 31.7 Å². The maximum atomic E-state index is 8.64. The Morgan fingerprint density at radius 2 is 1.79 bits per heavy atom. The molecule has 2 nitrogen and oxygen atoms in total. The van der Waals surface area contributed by atoms with Crippen molar-refractivity contribution >= 4 is 5.69 Å². The second-order valence-corrected chi connectivity index (χ2v) is 3.81. The molecule has 0 heterocycles. The zero-order chi connectivity index (χ0) is 9.80. The van der Waals surface area contributed by atoms with Crippen molar-refractivity contribution in [1.82, 2.24) is 0 Å². The summed E-state index contributed by atoms with van der Waals surface area (Å²) in [6, 6.07) is 10.4. The number of rotatable bonds is 2. The van der Waals surface area contributed by atoms with E-state index in [1.807, 2.05) is 24.3 Å². The van der Waals surface area contributed by atoms with Crippen molar-refractivity contribution in [1.29, 1.82) is 5.26 Å². The van der Waals surface area contributed by atoms with Gasteiger partial charge in [-0.25, -0.2) is 0 Å². The van der Waals surface area contributed by atoms with Crippen molar-refractivity contribution in [2.75, 3.05) is 5.32 Å². The molecule has 1 saturated carbocycles. The minimum Gasteiger partial charge on any atom is -0.382 e. The van der Waals surface area contributed by atoms with E-state index in [0.29, 0.717) is 6.04 Å². The normalized spacial score (nSPS) is 16.5. The Balaban J connectivity index is 1.99. The quantitative estimate of drug-likeness (QED) is 0.770. The molecular weight excluding hydrogens is 172 g/mol. The Bertz CT molecular complexity index is 328. The van der Waals surface area contributed by atoms with Gasteiger partial charge in [0.15, 0.2) is 0 Å². The van der Waals surface area contributed by atoms with Gasteiger partial charge in [0.05, 0.1) is 11.6 Å². The first kappa shape index (κ1) is 9.08. The molecule has 14 heavy (non-hydrogen) atoms. The molecule has 1 aliphatic carbocycles. The van der Waals surface area contributed by atoms with Crippen LogP contribution >= 0.6 is 0 Å². The van der Waals surface area contributed by atoms with Crippen LogP contribution in [0.15, 0.2) is 24.3 Å². The maximum Gasteiger partial charge on any atom is 0.0991 e. The maximum absolute atomic E-state index is 8.64. The van der Waals surface area contributed by atoms with Crippen LogP contribution in [-0.4, -0.2) is 6.04 Å². The summed E-state index contributed by atoms with van der Waals surface area (Å²) in [4.78, 5) is 0. The highest BCUT2D eigenvalue weighted by Gasteiger charge is 2.13. The number of benzene rings is 1. The Morgan fingerprint density at radius 1 is 1.14 bits per heavy atom. The minimum absolute atomic E-state index is 0.642. The van der Waals surface area contributed by atoms with Gasteiger partial charge in [0.25, 0.3) is 0 Å². The standard InChI is InChI=1S/C12H14N2/c13-9-10-5-7-12(8-6-10)14-11-3-1-2-4-11/h5-8,11,14H,1-4H2. The van der Waals surface area contributed by atoms with E-state index < -0.39 is 0 Å². The van der Waals surface area contributed by atoms with E-state index in [2.05, 4.69) is 11.4 Å². The number of nitrogens with zero attached hydrogens (tertiary/aromatic N) is 1. The van der Waals surface area contributed by atoms with Crippen molar-refractivity contribution in [3.8, 4) is 6.07 Å². The van der Waals surface area contributed by atoms with Crippen molar-refractivity contribution in [3.63, 3.8) is 0 Å². The molecular formula is C12H14N2. The van der Waals surface area contributed by atoms with E-state index in [9.17, 15) is 0 Å². The molecule has 2 rings (SSSR count). The lowest BCUT2D eigenvalue weighted by atomic mass is 10.2. The van der Waals surface area contributed by atoms with Crippen LogP contribution in [0.4, 0.5) is 5.69 Å². The first-order chi connectivity index (χ1) is 6.88. The van der Waals surface area contributed by atoms with Gasteiger partial charge in [0, 0.05) is 11.7 Å². The average molecular weight is 186 g/mol. The van der Waals surface area contributed by atoms with Gasteiger partial charge in [0.2, 0.25) is 0 Å². The summed E-state index contributed by atoms with van der Waals surface area (Å²) < 4.78 is 0. The zero-order valence-electron chi connectivity index (χ0n) is 8.16. The van der Waals surface area contributed by atoms with Gasteiger partial charge < -0.3 is 5.32 Å². The Labute approximate surface area is 84.6 Å². The summed E-state index contributed by atoms with van der Waals surface area (Å²) in [5.74, 6) is 0. The van der Waals surface area contributed by atoms with E-state index in [4.69, 9.17) is 5.26 Å². The highest BCUT2D eigenvalue weighted by atomic mass is 14.9. The highest BCUT2D eigenvalue weighted by Crippen LogP contribution is 2.22. The molecule has 0 aliphatic heterocycles. The predicted octanol–water partition coefficient (Wildman–Crippen LogP) is 2.91. The summed E-state index contributed by atoms with van der Waals surface area (Å²) in [6.45, 7) is 0. The topological polar surface area (TPSA) is 35.8 Å². The largest absolute Gasteiger partial charge is 0.382 e. The van der Waals surface area contributed by atoms with E-state index in [1.165, 1.54) is 25.7 Å². The summed E-state index contributed by atoms with van der Waals surface area (Å²) >= 11 is 0. The molecule has 1 fully saturated rings. The van der Waals surface area contributed by atoms with Crippen molar-refractivity contribution in [2.24, 2.45) is 0 Å². The Morgan fingerprint density at radius 3 is 2.36 bits per heavy atom. The molecule has 2 heteroatoms. The smallest absolute Gasteiger partial charge is 0.0991 e. The van der Waals surface area contributed by atoms with Gasteiger partial charge in [-0.15, -0.1) is 0 Å². The van der Waals surface area contributed by atoms with E-state index in [0.717, 1.165) is 11.3 Å². The van der Waals surface area contributed by atoms with Crippen LogP contribution in [0.25, 0.3) is 0 Å². The lowest BCUT2D eigenvalue weighted by molar-refractivity contribution is 0.755. The molecule has 0 aromatic heterocycles. The predicted molar refractivity (Wildman–Crippen MR) is 57.0 cm³/mol. The van der Waals surface area contributed by atoms with E-state index in [1.54, 1.807) is 0 Å². The molecule has 0 saturated heterocycles. The van der Waals surface area contributed by atoms with Gasteiger partial charge in [-0.05, 0) is 37.1 Å². The summed E-state index contributed by atoms with van der Waals surface area (Å²) in [7, 11) is 0. The van der Waals surface area contributed by atoms with Gasteiger partial charge in [-0.2, -0.15) is 5.26 Å². The second-order valence-electron chi connectivity index (χ2n) is 3.81. The summed E-state index contributed by atoms with van der Waals surface area (Å²) in [6.07, 6.45) is 5.24. The lowest BCUT2D eigenvalue weighted by Gasteiger charge is -2.12. The molecule has 0 spiro atoms. The highest BCUT2D eigenvalue weighted by molar-refractivity contribution is 5.47. The fourth-order valence-electron chi connectivity index (χ4n) is 1.95. The first-order valence-corrected chi connectivity index (χ1v) is 5.15. The van der Waals surface area contributed by atoms with Gasteiger partial charge >= 0.3 is 0 Å². The number of anilines is 1. The zero-order valence-corrected chi connectivity index (χ0v) is 8.16. The second kappa shape index (κ2) is 4.15. The number of nitriles is 1. The average Bonchev–Trinajstić information content (AvgIpc) is 2.72. The monoisotopic (exact) mass is 186 g/mol. The molecule has 0 amide bonds. The number of hydrogen-bond acceptors (Lipinski definition) is 2. The van der Waals surface area contributed by atoms with Crippen LogP contribution in [-0.2, 0) is 0 Å². The summed E-state index contributed by atoms with van der Waals surface area (Å²) in [5, 5.41) is 12.1. The third-order valence-electron chi connectivity index (χ3n) is 2.74. The Kier molecular flexibility index (Phi) is 2.69. The minimum atomic E-state index is 0.642. The SMILES string of the molecule is N#Cc1ccc(NC2CCCC2)cc1. The van der Waals surface area contributed by atoms with Gasteiger partial charge in [-0.3, -0.25) is 0 Å². The molecule has 0 unspecified atom stereocenters. The summed E-state index contributed by atoms with van der Waals surface area (Å²) in [5.41, 5.74) is 1.86. The molecule has 1 aliphatic rings. The Hall–Kier alpha value is -1.49. The molecule has 72 valence electrons. The van der Waals surface area contributed by atoms with Crippen molar-refractivity contribution < 1.29 is 0 Å². The number of nitrogens with one attached hydrogen (secondary N) is 1.